The van der Waals surface area contributed by atoms with Crippen LogP contribution in [0.2, 0.25) is 0 Å². The van der Waals surface area contributed by atoms with Crippen LogP contribution in [0.15, 0.2) is 18.2 Å². The lowest BCUT2D eigenvalue weighted by atomic mass is 9.57. The second-order valence-electron chi connectivity index (χ2n) is 5.44. The van der Waals surface area contributed by atoms with Crippen LogP contribution in [0, 0.1) is 30.6 Å². The molecule has 0 heterocycles. The zero-order valence-corrected chi connectivity index (χ0v) is 10.7. The maximum absolute atomic E-state index is 10.8. The number of rotatable bonds is 2. The van der Waals surface area contributed by atoms with Crippen LogP contribution in [-0.4, -0.2) is 5.11 Å². The normalized spacial score (nSPS) is 21.1. The van der Waals surface area contributed by atoms with Gasteiger partial charge in [0.2, 0.25) is 0 Å². The summed E-state index contributed by atoms with van der Waals surface area (Å²) in [5, 5.41) is 20.2. The summed E-state index contributed by atoms with van der Waals surface area (Å²) in [7, 11) is 0. The predicted octanol–water partition coefficient (Wildman–Crippen LogP) is 3.20. The Labute approximate surface area is 103 Å². The Morgan fingerprint density at radius 1 is 1.35 bits per heavy atom. The van der Waals surface area contributed by atoms with E-state index in [1.165, 1.54) is 0 Å². The molecule has 0 spiro atoms. The van der Waals surface area contributed by atoms with Gasteiger partial charge in [-0.15, -0.1) is 0 Å². The second kappa shape index (κ2) is 3.85. The molecule has 2 nitrogen and oxygen atoms in total. The quantitative estimate of drug-likeness (QED) is 0.846. The molecule has 1 unspecified atom stereocenters. The maximum atomic E-state index is 10.8. The first-order chi connectivity index (χ1) is 7.93. The SMILES string of the molecule is Cc1ccc(C)c(C(C)(O)C2(C#N)CCC2)c1. The van der Waals surface area contributed by atoms with E-state index in [9.17, 15) is 10.4 Å². The van der Waals surface area contributed by atoms with Crippen LogP contribution >= 0.6 is 0 Å². The van der Waals surface area contributed by atoms with Crippen LogP contribution in [0.5, 0.6) is 0 Å². The Morgan fingerprint density at radius 3 is 2.47 bits per heavy atom. The summed E-state index contributed by atoms with van der Waals surface area (Å²) in [5.74, 6) is 0. The standard InChI is InChI=1S/C15H19NO/c1-11-5-6-12(2)13(9-11)14(3,17)15(10-16)7-4-8-15/h5-6,9,17H,4,7-8H2,1-3H3. The number of benzene rings is 1. The van der Waals surface area contributed by atoms with Crippen molar-refractivity contribution in [1.82, 2.24) is 0 Å². The highest BCUT2D eigenvalue weighted by molar-refractivity contribution is 5.38. The Balaban J connectivity index is 2.51. The third kappa shape index (κ3) is 1.66. The van der Waals surface area contributed by atoms with E-state index in [0.717, 1.165) is 36.0 Å². The van der Waals surface area contributed by atoms with Crippen molar-refractivity contribution >= 4 is 0 Å². The summed E-state index contributed by atoms with van der Waals surface area (Å²) in [6, 6.07) is 8.41. The first kappa shape index (κ1) is 12.1. The first-order valence-corrected chi connectivity index (χ1v) is 6.14. The van der Waals surface area contributed by atoms with Gasteiger partial charge in [0.05, 0.1) is 11.5 Å². The molecule has 0 radical (unpaired) electrons. The van der Waals surface area contributed by atoms with Crippen molar-refractivity contribution in [2.75, 3.05) is 0 Å². The number of nitriles is 1. The van der Waals surface area contributed by atoms with Crippen molar-refractivity contribution in [2.24, 2.45) is 5.41 Å². The van der Waals surface area contributed by atoms with Gasteiger partial charge in [0, 0.05) is 0 Å². The van der Waals surface area contributed by atoms with Crippen molar-refractivity contribution in [3.05, 3.63) is 34.9 Å². The molecule has 17 heavy (non-hydrogen) atoms. The van der Waals surface area contributed by atoms with Gasteiger partial charge in [0.1, 0.15) is 5.60 Å². The zero-order valence-electron chi connectivity index (χ0n) is 10.7. The number of aryl methyl sites for hydroxylation is 2. The molecule has 1 saturated carbocycles. The van der Waals surface area contributed by atoms with E-state index in [2.05, 4.69) is 6.07 Å². The third-order valence-corrected chi connectivity index (χ3v) is 4.27. The summed E-state index contributed by atoms with van der Waals surface area (Å²) in [4.78, 5) is 0. The molecule has 0 aliphatic heterocycles. The van der Waals surface area contributed by atoms with Crippen LogP contribution in [-0.2, 0) is 5.60 Å². The lowest BCUT2D eigenvalue weighted by molar-refractivity contribution is -0.0862. The van der Waals surface area contributed by atoms with Crippen molar-refractivity contribution < 1.29 is 5.11 Å². The second-order valence-corrected chi connectivity index (χ2v) is 5.44. The molecule has 1 fully saturated rings. The molecule has 0 saturated heterocycles. The van der Waals surface area contributed by atoms with E-state index in [4.69, 9.17) is 0 Å². The Morgan fingerprint density at radius 2 is 2.00 bits per heavy atom. The summed E-state index contributed by atoms with van der Waals surface area (Å²) in [6.07, 6.45) is 2.63. The molecular formula is C15H19NO. The Kier molecular flexibility index (Phi) is 2.75. The molecule has 1 aliphatic carbocycles. The van der Waals surface area contributed by atoms with Gasteiger partial charge in [-0.1, -0.05) is 30.2 Å². The van der Waals surface area contributed by atoms with Crippen LogP contribution in [0.3, 0.4) is 0 Å². The van der Waals surface area contributed by atoms with Crippen molar-refractivity contribution in [3.63, 3.8) is 0 Å². The summed E-state index contributed by atoms with van der Waals surface area (Å²) >= 11 is 0. The Bertz CT molecular complexity index is 478. The highest BCUT2D eigenvalue weighted by Crippen LogP contribution is 2.53. The molecule has 2 heteroatoms. The minimum absolute atomic E-state index is 0.592. The van der Waals surface area contributed by atoms with Crippen molar-refractivity contribution in [2.45, 2.75) is 45.6 Å². The largest absolute Gasteiger partial charge is 0.384 e. The molecule has 1 N–H and O–H groups in total. The zero-order chi connectivity index (χ0) is 12.7. The van der Waals surface area contributed by atoms with Crippen molar-refractivity contribution in [3.8, 4) is 6.07 Å². The van der Waals surface area contributed by atoms with E-state index in [1.54, 1.807) is 6.92 Å². The molecule has 0 bridgehead atoms. The fraction of sp³-hybridized carbons (Fsp3) is 0.533. The molecule has 1 aliphatic rings. The molecule has 1 aromatic carbocycles. The number of hydrogen-bond acceptors (Lipinski definition) is 2. The maximum Gasteiger partial charge on any atom is 0.106 e. The third-order valence-electron chi connectivity index (χ3n) is 4.27. The van der Waals surface area contributed by atoms with E-state index in [0.29, 0.717) is 0 Å². The highest BCUT2D eigenvalue weighted by atomic mass is 16.3. The lowest BCUT2D eigenvalue weighted by Crippen LogP contribution is -2.47. The van der Waals surface area contributed by atoms with Crippen molar-refractivity contribution in [1.29, 1.82) is 5.26 Å². The first-order valence-electron chi connectivity index (χ1n) is 6.14. The molecule has 0 aromatic heterocycles. The van der Waals surface area contributed by atoms with Gasteiger partial charge in [0.25, 0.3) is 0 Å². The highest BCUT2D eigenvalue weighted by Gasteiger charge is 2.53. The molecule has 90 valence electrons. The monoisotopic (exact) mass is 229 g/mol. The van der Waals surface area contributed by atoms with Gasteiger partial charge in [0.15, 0.2) is 0 Å². The van der Waals surface area contributed by atoms with Crippen LogP contribution in [0.1, 0.15) is 42.9 Å². The van der Waals surface area contributed by atoms with Gasteiger partial charge in [-0.3, -0.25) is 0 Å². The van der Waals surface area contributed by atoms with Gasteiger partial charge >= 0.3 is 0 Å². The fourth-order valence-electron chi connectivity index (χ4n) is 2.76. The molecule has 0 amide bonds. The van der Waals surface area contributed by atoms with Crippen LogP contribution in [0.25, 0.3) is 0 Å². The van der Waals surface area contributed by atoms with Gasteiger partial charge < -0.3 is 5.11 Å². The number of hydrogen-bond donors (Lipinski definition) is 1. The Hall–Kier alpha value is -1.33. The van der Waals surface area contributed by atoms with E-state index in [-0.39, 0.29) is 0 Å². The van der Waals surface area contributed by atoms with Gasteiger partial charge in [-0.05, 0) is 44.7 Å². The smallest absolute Gasteiger partial charge is 0.106 e. The van der Waals surface area contributed by atoms with Gasteiger partial charge in [-0.2, -0.15) is 5.26 Å². The lowest BCUT2D eigenvalue weighted by Gasteiger charge is -2.47. The van der Waals surface area contributed by atoms with E-state index in [1.807, 2.05) is 32.0 Å². The summed E-state index contributed by atoms with van der Waals surface area (Å²) < 4.78 is 0. The average Bonchev–Trinajstić information content (AvgIpc) is 2.20. The summed E-state index contributed by atoms with van der Waals surface area (Å²) in [5.41, 5.74) is 1.45. The van der Waals surface area contributed by atoms with Crippen LogP contribution in [0.4, 0.5) is 0 Å². The van der Waals surface area contributed by atoms with Crippen LogP contribution < -0.4 is 0 Å². The minimum Gasteiger partial charge on any atom is -0.384 e. The van der Waals surface area contributed by atoms with E-state index < -0.39 is 11.0 Å². The molecule has 1 aromatic rings. The predicted molar refractivity (Wildman–Crippen MR) is 67.4 cm³/mol. The number of nitrogens with zero attached hydrogens (tertiary/aromatic N) is 1. The molecular weight excluding hydrogens is 210 g/mol. The van der Waals surface area contributed by atoms with E-state index >= 15 is 0 Å². The van der Waals surface area contributed by atoms with Gasteiger partial charge in [-0.25, -0.2) is 0 Å². The topological polar surface area (TPSA) is 44.0 Å². The summed E-state index contributed by atoms with van der Waals surface area (Å²) in [6.45, 7) is 5.79. The average molecular weight is 229 g/mol. The minimum atomic E-state index is -1.05. The number of aliphatic hydroxyl groups is 1. The fourth-order valence-corrected chi connectivity index (χ4v) is 2.76. The molecule has 2 rings (SSSR count). The molecule has 1 atom stereocenters.